The molecule has 0 amide bonds. The molecule has 3 rings (SSSR count). The van der Waals surface area contributed by atoms with Gasteiger partial charge in [0.2, 0.25) is 0 Å². The molecule has 0 saturated heterocycles. The van der Waals surface area contributed by atoms with Gasteiger partial charge >= 0.3 is 0 Å². The second-order valence-electron chi connectivity index (χ2n) is 3.70. The zero-order valence-corrected chi connectivity index (χ0v) is 7.17. The van der Waals surface area contributed by atoms with Gasteiger partial charge in [-0.1, -0.05) is 13.0 Å². The number of aryl methyl sites for hydroxylation is 1. The Bertz CT molecular complexity index is 349. The lowest BCUT2D eigenvalue weighted by Crippen LogP contribution is -1.90. The molecule has 0 radical (unpaired) electrons. The van der Waals surface area contributed by atoms with Crippen molar-refractivity contribution in [3.05, 3.63) is 23.3 Å². The highest BCUT2D eigenvalue weighted by Crippen LogP contribution is 2.51. The summed E-state index contributed by atoms with van der Waals surface area (Å²) in [6.45, 7) is 2.14. The van der Waals surface area contributed by atoms with Gasteiger partial charge in [0.05, 0.1) is 5.69 Å². The fraction of sp³-hybridized carbons (Fsp3) is 0.500. The Kier molecular flexibility index (Phi) is 1.08. The normalized spacial score (nSPS) is 29.8. The van der Waals surface area contributed by atoms with Crippen molar-refractivity contribution in [2.75, 3.05) is 0 Å². The maximum absolute atomic E-state index is 4.50. The van der Waals surface area contributed by atoms with Crippen molar-refractivity contribution in [1.29, 1.82) is 0 Å². The van der Waals surface area contributed by atoms with Gasteiger partial charge in [-0.2, -0.15) is 0 Å². The first-order chi connectivity index (χ1) is 5.88. The first-order valence-corrected chi connectivity index (χ1v) is 4.65. The summed E-state index contributed by atoms with van der Waals surface area (Å²) in [6, 6.07) is 0. The van der Waals surface area contributed by atoms with Crippen LogP contribution in [0.2, 0.25) is 0 Å². The SMILES string of the molecule is CCc1nc2c([nH]1)C1CC1C=C2. The van der Waals surface area contributed by atoms with E-state index in [4.69, 9.17) is 0 Å². The van der Waals surface area contributed by atoms with Crippen molar-refractivity contribution < 1.29 is 0 Å². The molecule has 2 unspecified atom stereocenters. The van der Waals surface area contributed by atoms with Gasteiger partial charge < -0.3 is 4.98 Å². The van der Waals surface area contributed by atoms with Crippen molar-refractivity contribution in [3.63, 3.8) is 0 Å². The van der Waals surface area contributed by atoms with E-state index in [1.54, 1.807) is 0 Å². The van der Waals surface area contributed by atoms with Crippen molar-refractivity contribution >= 4 is 6.08 Å². The van der Waals surface area contributed by atoms with Gasteiger partial charge in [0, 0.05) is 18.0 Å². The van der Waals surface area contributed by atoms with E-state index in [2.05, 4.69) is 29.0 Å². The number of nitrogens with one attached hydrogen (secondary N) is 1. The fourth-order valence-electron chi connectivity index (χ4n) is 2.00. The van der Waals surface area contributed by atoms with E-state index in [1.807, 2.05) is 0 Å². The Balaban J connectivity index is 2.12. The lowest BCUT2D eigenvalue weighted by molar-refractivity contribution is 0.929. The number of aromatic nitrogens is 2. The predicted octanol–water partition coefficient (Wildman–Crippen LogP) is 2.10. The first kappa shape index (κ1) is 6.46. The lowest BCUT2D eigenvalue weighted by Gasteiger charge is -1.99. The molecule has 0 aliphatic heterocycles. The number of H-pyrrole nitrogens is 1. The lowest BCUT2D eigenvalue weighted by atomic mass is 10.1. The van der Waals surface area contributed by atoms with Crippen LogP contribution in [0, 0.1) is 5.92 Å². The number of nitrogens with zero attached hydrogens (tertiary/aromatic N) is 1. The van der Waals surface area contributed by atoms with Crippen LogP contribution in [0.3, 0.4) is 0 Å². The molecule has 2 atom stereocenters. The smallest absolute Gasteiger partial charge is 0.106 e. The molecule has 0 aromatic carbocycles. The van der Waals surface area contributed by atoms with Gasteiger partial charge in [0.25, 0.3) is 0 Å². The Hall–Kier alpha value is -1.05. The van der Waals surface area contributed by atoms with Crippen LogP contribution < -0.4 is 0 Å². The fourth-order valence-corrected chi connectivity index (χ4v) is 2.00. The molecule has 0 spiro atoms. The van der Waals surface area contributed by atoms with Crippen molar-refractivity contribution in [2.24, 2.45) is 5.92 Å². The van der Waals surface area contributed by atoms with Gasteiger partial charge in [-0.05, 0) is 18.4 Å². The number of rotatable bonds is 1. The highest BCUT2D eigenvalue weighted by molar-refractivity contribution is 5.56. The Morgan fingerprint density at radius 3 is 3.42 bits per heavy atom. The van der Waals surface area contributed by atoms with E-state index >= 15 is 0 Å². The van der Waals surface area contributed by atoms with Crippen molar-refractivity contribution in [1.82, 2.24) is 9.97 Å². The number of allylic oxidation sites excluding steroid dienone is 1. The molecular formula is C10H12N2. The molecule has 2 heteroatoms. The van der Waals surface area contributed by atoms with Gasteiger partial charge in [0.1, 0.15) is 5.82 Å². The molecule has 1 fully saturated rings. The molecule has 2 nitrogen and oxygen atoms in total. The van der Waals surface area contributed by atoms with Crippen molar-refractivity contribution in [2.45, 2.75) is 25.7 Å². The summed E-state index contributed by atoms with van der Waals surface area (Å²) in [4.78, 5) is 7.92. The van der Waals surface area contributed by atoms with E-state index in [0.717, 1.165) is 24.1 Å². The van der Waals surface area contributed by atoms with Crippen LogP contribution in [0.5, 0.6) is 0 Å². The molecule has 1 heterocycles. The van der Waals surface area contributed by atoms with E-state index in [-0.39, 0.29) is 0 Å². The second-order valence-corrected chi connectivity index (χ2v) is 3.70. The minimum atomic E-state index is 0.776. The monoisotopic (exact) mass is 160 g/mol. The van der Waals surface area contributed by atoms with Crippen molar-refractivity contribution in [3.8, 4) is 0 Å². The number of fused-ring (bicyclic) bond motifs is 3. The van der Waals surface area contributed by atoms with E-state index in [9.17, 15) is 0 Å². The van der Waals surface area contributed by atoms with E-state index in [0.29, 0.717) is 0 Å². The zero-order valence-electron chi connectivity index (χ0n) is 7.17. The zero-order chi connectivity index (χ0) is 8.13. The Morgan fingerprint density at radius 1 is 1.67 bits per heavy atom. The van der Waals surface area contributed by atoms with E-state index < -0.39 is 0 Å². The van der Waals surface area contributed by atoms with Crippen LogP contribution in [0.4, 0.5) is 0 Å². The molecule has 1 saturated carbocycles. The van der Waals surface area contributed by atoms with Crippen LogP contribution in [0.1, 0.15) is 36.5 Å². The van der Waals surface area contributed by atoms with Crippen LogP contribution in [0.15, 0.2) is 6.08 Å². The largest absolute Gasteiger partial charge is 0.345 e. The third-order valence-corrected chi connectivity index (χ3v) is 2.86. The average molecular weight is 160 g/mol. The molecule has 2 aliphatic rings. The summed E-state index contributed by atoms with van der Waals surface area (Å²) in [5, 5.41) is 0. The third kappa shape index (κ3) is 0.724. The topological polar surface area (TPSA) is 28.7 Å². The Morgan fingerprint density at radius 2 is 2.58 bits per heavy atom. The quantitative estimate of drug-likeness (QED) is 0.669. The van der Waals surface area contributed by atoms with Crippen LogP contribution in [0.25, 0.3) is 6.08 Å². The number of imidazole rings is 1. The first-order valence-electron chi connectivity index (χ1n) is 4.65. The highest BCUT2D eigenvalue weighted by Gasteiger charge is 2.41. The third-order valence-electron chi connectivity index (χ3n) is 2.86. The molecular weight excluding hydrogens is 148 g/mol. The van der Waals surface area contributed by atoms with Crippen LogP contribution in [-0.4, -0.2) is 9.97 Å². The molecule has 1 aromatic rings. The van der Waals surface area contributed by atoms with Gasteiger partial charge in [-0.3, -0.25) is 0 Å². The predicted molar refractivity (Wildman–Crippen MR) is 47.8 cm³/mol. The van der Waals surface area contributed by atoms with Crippen LogP contribution >= 0.6 is 0 Å². The number of hydrogen-bond acceptors (Lipinski definition) is 1. The molecule has 1 N–H and O–H groups in total. The summed E-state index contributed by atoms with van der Waals surface area (Å²) in [7, 11) is 0. The molecule has 62 valence electrons. The maximum atomic E-state index is 4.50. The molecule has 2 aliphatic carbocycles. The minimum Gasteiger partial charge on any atom is -0.345 e. The summed E-state index contributed by atoms with van der Waals surface area (Å²) in [5.74, 6) is 2.73. The highest BCUT2D eigenvalue weighted by atomic mass is 14.9. The van der Waals surface area contributed by atoms with Crippen LogP contribution in [-0.2, 0) is 6.42 Å². The van der Waals surface area contributed by atoms with E-state index in [1.165, 1.54) is 17.8 Å². The van der Waals surface area contributed by atoms with Gasteiger partial charge in [0.15, 0.2) is 0 Å². The number of hydrogen-bond donors (Lipinski definition) is 1. The minimum absolute atomic E-state index is 0.776. The maximum Gasteiger partial charge on any atom is 0.106 e. The standard InChI is InChI=1S/C10H12N2/c1-2-9-11-8-4-3-6-5-7(6)10(8)12-9/h3-4,6-7H,2,5H2,1H3,(H,11,12). The average Bonchev–Trinajstić information content (AvgIpc) is 2.77. The molecule has 0 bridgehead atoms. The summed E-state index contributed by atoms with van der Waals surface area (Å²) < 4.78 is 0. The second kappa shape index (κ2) is 2.00. The van der Waals surface area contributed by atoms with Gasteiger partial charge in [-0.15, -0.1) is 0 Å². The van der Waals surface area contributed by atoms with Gasteiger partial charge in [-0.25, -0.2) is 4.98 Å². The summed E-state index contributed by atoms with van der Waals surface area (Å²) in [5.41, 5.74) is 2.57. The Labute approximate surface area is 71.7 Å². The molecule has 1 aromatic heterocycles. The molecule has 12 heavy (non-hydrogen) atoms. The summed E-state index contributed by atoms with van der Waals surface area (Å²) in [6.07, 6.45) is 6.81. The summed E-state index contributed by atoms with van der Waals surface area (Å²) >= 11 is 0. The number of aromatic amines is 1.